The molecule has 1 aliphatic carbocycles. The van der Waals surface area contributed by atoms with Crippen molar-refractivity contribution >= 4 is 16.9 Å². The molecule has 5 heteroatoms. The number of aromatic amines is 1. The summed E-state index contributed by atoms with van der Waals surface area (Å²) in [6.45, 7) is 0. The highest BCUT2D eigenvalue weighted by atomic mass is 16.4. The molecule has 100 valence electrons. The standard InChI is InChI=1S/C15H13N3O2/c1-18-11-5-3-2-4-8(11)9-6-7-10-12(14(9)18)16-17-13(10)15(19)20/h2-5H,6-7H2,1H3,(H,16,17)(H,19,20). The number of benzene rings is 1. The highest BCUT2D eigenvalue weighted by molar-refractivity contribution is 5.95. The van der Waals surface area contributed by atoms with E-state index >= 15 is 0 Å². The number of para-hydroxylation sites is 1. The van der Waals surface area contributed by atoms with Crippen molar-refractivity contribution < 1.29 is 9.90 Å². The van der Waals surface area contributed by atoms with Crippen molar-refractivity contribution in [3.05, 3.63) is 41.1 Å². The Bertz CT molecular complexity index is 858. The molecular weight excluding hydrogens is 254 g/mol. The monoisotopic (exact) mass is 267 g/mol. The van der Waals surface area contributed by atoms with Gasteiger partial charge in [0.2, 0.25) is 0 Å². The van der Waals surface area contributed by atoms with Gasteiger partial charge in [0.1, 0.15) is 11.4 Å². The molecule has 0 radical (unpaired) electrons. The van der Waals surface area contributed by atoms with Gasteiger partial charge in [0, 0.05) is 23.5 Å². The van der Waals surface area contributed by atoms with Gasteiger partial charge < -0.3 is 9.67 Å². The van der Waals surface area contributed by atoms with Gasteiger partial charge in [-0.2, -0.15) is 5.10 Å². The second-order valence-electron chi connectivity index (χ2n) is 5.13. The zero-order chi connectivity index (χ0) is 13.9. The fourth-order valence-electron chi connectivity index (χ4n) is 3.26. The third-order valence-electron chi connectivity index (χ3n) is 4.14. The number of carboxylic acids is 1. The lowest BCUT2D eigenvalue weighted by molar-refractivity contribution is 0.0689. The quantitative estimate of drug-likeness (QED) is 0.711. The van der Waals surface area contributed by atoms with Crippen molar-refractivity contribution in [2.45, 2.75) is 12.8 Å². The molecule has 2 N–H and O–H groups in total. The number of aryl methyl sites for hydroxylation is 2. The SMILES string of the molecule is Cn1c2c(c3ccccc31)CCc1c-2n[nH]c1C(=O)O. The molecule has 1 aliphatic rings. The largest absolute Gasteiger partial charge is 0.477 e. The summed E-state index contributed by atoms with van der Waals surface area (Å²) in [7, 11) is 2.01. The minimum Gasteiger partial charge on any atom is -0.477 e. The first kappa shape index (κ1) is 11.3. The summed E-state index contributed by atoms with van der Waals surface area (Å²) in [6, 6.07) is 8.25. The van der Waals surface area contributed by atoms with E-state index in [1.807, 2.05) is 19.2 Å². The third kappa shape index (κ3) is 1.27. The molecule has 20 heavy (non-hydrogen) atoms. The number of carboxylic acid groups (broad SMARTS) is 1. The van der Waals surface area contributed by atoms with Gasteiger partial charge in [0.15, 0.2) is 0 Å². The second-order valence-corrected chi connectivity index (χ2v) is 5.13. The van der Waals surface area contributed by atoms with Crippen LogP contribution in [0.3, 0.4) is 0 Å². The number of aromatic nitrogens is 3. The fourth-order valence-corrected chi connectivity index (χ4v) is 3.26. The zero-order valence-electron chi connectivity index (χ0n) is 11.0. The van der Waals surface area contributed by atoms with Gasteiger partial charge in [-0.15, -0.1) is 0 Å². The van der Waals surface area contributed by atoms with Crippen LogP contribution in [0, 0.1) is 0 Å². The molecule has 0 unspecified atom stereocenters. The fraction of sp³-hybridized carbons (Fsp3) is 0.200. The van der Waals surface area contributed by atoms with Crippen LogP contribution < -0.4 is 0 Å². The van der Waals surface area contributed by atoms with Crippen molar-refractivity contribution in [1.29, 1.82) is 0 Å². The maximum Gasteiger partial charge on any atom is 0.354 e. The summed E-state index contributed by atoms with van der Waals surface area (Å²) in [6.07, 6.45) is 1.57. The van der Waals surface area contributed by atoms with Crippen LogP contribution in [0.4, 0.5) is 0 Å². The highest BCUT2D eigenvalue weighted by Gasteiger charge is 2.29. The summed E-state index contributed by atoms with van der Waals surface area (Å²) < 4.78 is 2.11. The Morgan fingerprint density at radius 1 is 1.30 bits per heavy atom. The molecular formula is C15H13N3O2. The molecule has 0 saturated heterocycles. The minimum atomic E-state index is -0.944. The molecule has 1 aromatic carbocycles. The molecule has 0 bridgehead atoms. The predicted molar refractivity (Wildman–Crippen MR) is 74.9 cm³/mol. The minimum absolute atomic E-state index is 0.218. The second kappa shape index (κ2) is 3.72. The molecule has 0 atom stereocenters. The first-order valence-electron chi connectivity index (χ1n) is 6.55. The van der Waals surface area contributed by atoms with Gasteiger partial charge in [-0.25, -0.2) is 4.79 Å². The van der Waals surface area contributed by atoms with Gasteiger partial charge in [0.25, 0.3) is 0 Å². The van der Waals surface area contributed by atoms with E-state index in [1.165, 1.54) is 10.9 Å². The molecule has 0 fully saturated rings. The molecule has 4 rings (SSSR count). The molecule has 2 aromatic heterocycles. The average Bonchev–Trinajstić information content (AvgIpc) is 3.00. The van der Waals surface area contributed by atoms with Crippen molar-refractivity contribution in [1.82, 2.24) is 14.8 Å². The number of nitrogens with one attached hydrogen (secondary N) is 1. The van der Waals surface area contributed by atoms with E-state index in [4.69, 9.17) is 0 Å². The van der Waals surface area contributed by atoms with Gasteiger partial charge in [-0.3, -0.25) is 5.10 Å². The van der Waals surface area contributed by atoms with E-state index in [0.29, 0.717) is 6.42 Å². The maximum atomic E-state index is 11.2. The average molecular weight is 267 g/mol. The van der Waals surface area contributed by atoms with Crippen LogP contribution in [0.5, 0.6) is 0 Å². The third-order valence-corrected chi connectivity index (χ3v) is 4.14. The Labute approximate surface area is 114 Å². The number of hydrogen-bond acceptors (Lipinski definition) is 2. The normalized spacial score (nSPS) is 13.2. The van der Waals surface area contributed by atoms with Crippen molar-refractivity contribution in [3.8, 4) is 11.4 Å². The van der Waals surface area contributed by atoms with E-state index in [2.05, 4.69) is 26.9 Å². The van der Waals surface area contributed by atoms with E-state index in [9.17, 15) is 9.90 Å². The Kier molecular flexibility index (Phi) is 2.10. The van der Waals surface area contributed by atoms with Gasteiger partial charge >= 0.3 is 5.97 Å². The highest BCUT2D eigenvalue weighted by Crippen LogP contribution is 2.39. The van der Waals surface area contributed by atoms with E-state index < -0.39 is 5.97 Å². The summed E-state index contributed by atoms with van der Waals surface area (Å²) in [5.41, 5.74) is 5.27. The Morgan fingerprint density at radius 2 is 2.05 bits per heavy atom. The van der Waals surface area contributed by atoms with E-state index in [1.54, 1.807) is 0 Å². The predicted octanol–water partition coefficient (Wildman–Crippen LogP) is 2.37. The topological polar surface area (TPSA) is 70.9 Å². The van der Waals surface area contributed by atoms with Crippen LogP contribution >= 0.6 is 0 Å². The van der Waals surface area contributed by atoms with Crippen molar-refractivity contribution in [3.63, 3.8) is 0 Å². The van der Waals surface area contributed by atoms with Crippen molar-refractivity contribution in [2.24, 2.45) is 7.05 Å². The van der Waals surface area contributed by atoms with Crippen LogP contribution in [-0.2, 0) is 19.9 Å². The molecule has 5 nitrogen and oxygen atoms in total. The number of fused-ring (bicyclic) bond motifs is 5. The molecule has 0 spiro atoms. The molecule has 0 aliphatic heterocycles. The molecule has 3 aromatic rings. The molecule has 0 amide bonds. The van der Waals surface area contributed by atoms with E-state index in [0.717, 1.165) is 28.9 Å². The first-order valence-corrected chi connectivity index (χ1v) is 6.55. The number of aromatic carboxylic acids is 1. The number of rotatable bonds is 1. The van der Waals surface area contributed by atoms with Crippen LogP contribution in [0.1, 0.15) is 21.6 Å². The number of carbonyl (C=O) groups is 1. The van der Waals surface area contributed by atoms with Crippen molar-refractivity contribution in [2.75, 3.05) is 0 Å². The Hall–Kier alpha value is -2.56. The number of H-pyrrole nitrogens is 1. The summed E-state index contributed by atoms with van der Waals surface area (Å²) in [5, 5.41) is 17.4. The van der Waals surface area contributed by atoms with Gasteiger partial charge in [0.05, 0.1) is 5.69 Å². The zero-order valence-corrected chi connectivity index (χ0v) is 11.0. The van der Waals surface area contributed by atoms with E-state index in [-0.39, 0.29) is 5.69 Å². The van der Waals surface area contributed by atoms with Crippen LogP contribution in [0.15, 0.2) is 24.3 Å². The molecule has 0 saturated carbocycles. The maximum absolute atomic E-state index is 11.2. The lowest BCUT2D eigenvalue weighted by Gasteiger charge is -2.13. The first-order chi connectivity index (χ1) is 9.68. The summed E-state index contributed by atoms with van der Waals surface area (Å²) >= 11 is 0. The summed E-state index contributed by atoms with van der Waals surface area (Å²) in [5.74, 6) is -0.944. The van der Waals surface area contributed by atoms with Crippen LogP contribution in [-0.4, -0.2) is 25.8 Å². The van der Waals surface area contributed by atoms with Gasteiger partial charge in [-0.1, -0.05) is 18.2 Å². The number of hydrogen-bond donors (Lipinski definition) is 2. The van der Waals surface area contributed by atoms with Crippen LogP contribution in [0.25, 0.3) is 22.3 Å². The molecule has 2 heterocycles. The van der Waals surface area contributed by atoms with Gasteiger partial charge in [-0.05, 0) is 24.5 Å². The number of nitrogens with zero attached hydrogens (tertiary/aromatic N) is 2. The lowest BCUT2D eigenvalue weighted by Crippen LogP contribution is -2.08. The Morgan fingerprint density at radius 3 is 2.85 bits per heavy atom. The smallest absolute Gasteiger partial charge is 0.354 e. The lowest BCUT2D eigenvalue weighted by atomic mass is 9.92. The Balaban J connectivity index is 2.08. The summed E-state index contributed by atoms with van der Waals surface area (Å²) in [4.78, 5) is 11.2. The van der Waals surface area contributed by atoms with Crippen LogP contribution in [0.2, 0.25) is 0 Å².